The Hall–Kier alpha value is -1.30. The summed E-state index contributed by atoms with van der Waals surface area (Å²) in [6, 6.07) is 3.59. The zero-order valence-corrected chi connectivity index (χ0v) is 11.7. The third-order valence-corrected chi connectivity index (χ3v) is 6.25. The second-order valence-corrected chi connectivity index (χ2v) is 6.95. The average Bonchev–Trinajstić information content (AvgIpc) is 2.80. The number of aliphatic hydroxyl groups excluding tert-OH is 1. The van der Waals surface area contributed by atoms with E-state index in [2.05, 4.69) is 5.32 Å². The van der Waals surface area contributed by atoms with E-state index in [9.17, 15) is 15.3 Å². The van der Waals surface area contributed by atoms with Crippen molar-refractivity contribution in [2.75, 3.05) is 6.54 Å². The zero-order valence-electron chi connectivity index (χ0n) is 11.7. The molecule has 3 unspecified atom stereocenters. The van der Waals surface area contributed by atoms with Crippen molar-refractivity contribution in [3.63, 3.8) is 0 Å². The smallest absolute Gasteiger partial charge is 0.165 e. The standard InChI is InChI=1S/C16H19NO4/c18-9-2-1-8-7-11-16(20)4-3-10(19)14-15(16,5-6-17-11)12(8)13(9)21-14/h1-2,10-11,14,17-20H,3-7H2/t10?,11-,14+,15?,16?/m1/s1. The van der Waals surface area contributed by atoms with Gasteiger partial charge in [-0.2, -0.15) is 0 Å². The maximum Gasteiger partial charge on any atom is 0.165 e. The van der Waals surface area contributed by atoms with Crippen LogP contribution in [0.3, 0.4) is 0 Å². The number of aliphatic hydroxyl groups is 2. The second kappa shape index (κ2) is 3.54. The van der Waals surface area contributed by atoms with Crippen LogP contribution >= 0.6 is 0 Å². The Morgan fingerprint density at radius 3 is 3.00 bits per heavy atom. The molecule has 1 aromatic carbocycles. The molecule has 1 spiro atoms. The van der Waals surface area contributed by atoms with Gasteiger partial charge in [-0.05, 0) is 43.9 Å². The van der Waals surface area contributed by atoms with Gasteiger partial charge in [-0.25, -0.2) is 0 Å². The first kappa shape index (κ1) is 12.3. The van der Waals surface area contributed by atoms with Crippen LogP contribution in [0.25, 0.3) is 0 Å². The Morgan fingerprint density at radius 1 is 1.29 bits per heavy atom. The number of hydrogen-bond acceptors (Lipinski definition) is 5. The molecule has 5 nitrogen and oxygen atoms in total. The van der Waals surface area contributed by atoms with Crippen molar-refractivity contribution in [3.8, 4) is 11.5 Å². The van der Waals surface area contributed by atoms with E-state index in [-0.39, 0.29) is 11.8 Å². The molecule has 2 heterocycles. The van der Waals surface area contributed by atoms with Gasteiger partial charge in [0.1, 0.15) is 6.10 Å². The van der Waals surface area contributed by atoms with Gasteiger partial charge in [-0.1, -0.05) is 6.07 Å². The Morgan fingerprint density at radius 2 is 2.14 bits per heavy atom. The number of hydrogen-bond donors (Lipinski definition) is 4. The van der Waals surface area contributed by atoms with Crippen LogP contribution in [0.1, 0.15) is 30.4 Å². The first-order valence-corrected chi connectivity index (χ1v) is 7.74. The van der Waals surface area contributed by atoms with Gasteiger partial charge in [0.2, 0.25) is 0 Å². The maximum atomic E-state index is 11.5. The van der Waals surface area contributed by atoms with E-state index in [1.54, 1.807) is 6.07 Å². The number of piperidine rings is 1. The number of phenols is 1. The van der Waals surface area contributed by atoms with Crippen molar-refractivity contribution in [2.45, 2.75) is 54.9 Å². The molecule has 112 valence electrons. The molecule has 5 heteroatoms. The van der Waals surface area contributed by atoms with Gasteiger partial charge in [-0.15, -0.1) is 0 Å². The molecule has 0 aromatic heterocycles. The third kappa shape index (κ3) is 1.14. The summed E-state index contributed by atoms with van der Waals surface area (Å²) in [5, 5.41) is 35.6. The zero-order chi connectivity index (χ0) is 14.4. The van der Waals surface area contributed by atoms with Crippen LogP contribution in [0.5, 0.6) is 11.5 Å². The molecule has 21 heavy (non-hydrogen) atoms. The Kier molecular flexibility index (Phi) is 2.07. The van der Waals surface area contributed by atoms with Gasteiger partial charge in [0.15, 0.2) is 11.5 Å². The molecular weight excluding hydrogens is 270 g/mol. The fourth-order valence-corrected chi connectivity index (χ4v) is 5.42. The lowest BCUT2D eigenvalue weighted by molar-refractivity contribution is -0.179. The topological polar surface area (TPSA) is 82.0 Å². The van der Waals surface area contributed by atoms with E-state index in [0.717, 1.165) is 30.5 Å². The van der Waals surface area contributed by atoms with Gasteiger partial charge >= 0.3 is 0 Å². The molecule has 1 aromatic rings. The summed E-state index contributed by atoms with van der Waals surface area (Å²) in [6.45, 7) is 0.800. The largest absolute Gasteiger partial charge is 0.504 e. The average molecular weight is 289 g/mol. The van der Waals surface area contributed by atoms with Crippen molar-refractivity contribution in [3.05, 3.63) is 23.3 Å². The van der Waals surface area contributed by atoms with Crippen molar-refractivity contribution in [2.24, 2.45) is 0 Å². The maximum absolute atomic E-state index is 11.5. The van der Waals surface area contributed by atoms with Crippen LogP contribution < -0.4 is 10.1 Å². The lowest BCUT2D eigenvalue weighted by atomic mass is 9.49. The first-order chi connectivity index (χ1) is 10.1. The molecule has 1 saturated heterocycles. The SMILES string of the molecule is Oc1ccc2c3c1O[C@H]1C(O)CCC4(O)[C@@H](C2)NCCC314. The van der Waals surface area contributed by atoms with Crippen molar-refractivity contribution < 1.29 is 20.1 Å². The number of ether oxygens (including phenoxy) is 1. The molecule has 4 N–H and O–H groups in total. The first-order valence-electron chi connectivity index (χ1n) is 7.74. The highest BCUT2D eigenvalue weighted by atomic mass is 16.5. The summed E-state index contributed by atoms with van der Waals surface area (Å²) in [4.78, 5) is 0. The van der Waals surface area contributed by atoms with Gasteiger partial charge in [0, 0.05) is 11.6 Å². The van der Waals surface area contributed by atoms with Crippen LogP contribution in [-0.2, 0) is 11.8 Å². The Bertz CT molecular complexity index is 647. The normalized spacial score (nSPS) is 45.9. The van der Waals surface area contributed by atoms with E-state index in [1.165, 1.54) is 0 Å². The molecule has 4 aliphatic rings. The van der Waals surface area contributed by atoms with E-state index < -0.39 is 23.2 Å². The molecule has 2 aliphatic carbocycles. The van der Waals surface area contributed by atoms with Crippen molar-refractivity contribution >= 4 is 0 Å². The van der Waals surface area contributed by atoms with Gasteiger partial charge in [0.25, 0.3) is 0 Å². The molecule has 0 radical (unpaired) electrons. The van der Waals surface area contributed by atoms with Crippen LogP contribution in [-0.4, -0.2) is 45.7 Å². The lowest BCUT2D eigenvalue weighted by Gasteiger charge is -2.61. The lowest BCUT2D eigenvalue weighted by Crippen LogP contribution is -2.76. The van der Waals surface area contributed by atoms with Crippen LogP contribution in [0.2, 0.25) is 0 Å². The number of aromatic hydroxyl groups is 1. The highest BCUT2D eigenvalue weighted by Gasteiger charge is 2.71. The second-order valence-electron chi connectivity index (χ2n) is 6.95. The molecule has 2 bridgehead atoms. The highest BCUT2D eigenvalue weighted by Crippen LogP contribution is 2.64. The summed E-state index contributed by atoms with van der Waals surface area (Å²) >= 11 is 0. The van der Waals surface area contributed by atoms with E-state index in [1.807, 2.05) is 6.07 Å². The number of nitrogens with one attached hydrogen (secondary N) is 1. The molecule has 5 rings (SSSR count). The predicted octanol–water partition coefficient (Wildman–Crippen LogP) is 0.195. The summed E-state index contributed by atoms with van der Waals surface area (Å²) in [6.07, 6.45) is 1.52. The number of benzene rings is 1. The summed E-state index contributed by atoms with van der Waals surface area (Å²) < 4.78 is 6.00. The minimum Gasteiger partial charge on any atom is -0.504 e. The Labute approximate surface area is 122 Å². The minimum atomic E-state index is -0.902. The van der Waals surface area contributed by atoms with Crippen LogP contribution in [0.15, 0.2) is 12.1 Å². The Balaban J connectivity index is 1.87. The number of rotatable bonds is 0. The molecule has 0 amide bonds. The minimum absolute atomic E-state index is 0.00663. The van der Waals surface area contributed by atoms with Gasteiger partial charge < -0.3 is 25.4 Å². The van der Waals surface area contributed by atoms with E-state index in [4.69, 9.17) is 4.74 Å². The fraction of sp³-hybridized carbons (Fsp3) is 0.625. The molecule has 5 atom stereocenters. The summed E-state index contributed by atoms with van der Waals surface area (Å²) in [5.74, 6) is 0.598. The van der Waals surface area contributed by atoms with Crippen LogP contribution in [0, 0.1) is 0 Å². The quantitative estimate of drug-likeness (QED) is 0.548. The summed E-state index contributed by atoms with van der Waals surface area (Å²) in [5.41, 5.74) is 0.594. The monoisotopic (exact) mass is 289 g/mol. The fourth-order valence-electron chi connectivity index (χ4n) is 5.42. The molecular formula is C16H19NO4. The highest BCUT2D eigenvalue weighted by molar-refractivity contribution is 5.62. The van der Waals surface area contributed by atoms with E-state index in [0.29, 0.717) is 18.6 Å². The van der Waals surface area contributed by atoms with Crippen LogP contribution in [0.4, 0.5) is 0 Å². The molecule has 1 saturated carbocycles. The van der Waals surface area contributed by atoms with Crippen molar-refractivity contribution in [1.29, 1.82) is 0 Å². The van der Waals surface area contributed by atoms with Gasteiger partial charge in [0.05, 0.1) is 17.1 Å². The van der Waals surface area contributed by atoms with Crippen molar-refractivity contribution in [1.82, 2.24) is 5.32 Å². The van der Waals surface area contributed by atoms with E-state index >= 15 is 0 Å². The molecule has 2 fully saturated rings. The third-order valence-electron chi connectivity index (χ3n) is 6.25. The molecule has 2 aliphatic heterocycles. The van der Waals surface area contributed by atoms with Gasteiger partial charge in [-0.3, -0.25) is 0 Å². The predicted molar refractivity (Wildman–Crippen MR) is 74.5 cm³/mol. The number of phenolic OH excluding ortho intramolecular Hbond substituents is 1. The summed E-state index contributed by atoms with van der Waals surface area (Å²) in [7, 11) is 0.